The van der Waals surface area contributed by atoms with Crippen molar-refractivity contribution in [1.82, 2.24) is 10.2 Å². The maximum absolute atomic E-state index is 13.6. The van der Waals surface area contributed by atoms with Crippen molar-refractivity contribution in [2.45, 2.75) is 89.9 Å². The van der Waals surface area contributed by atoms with E-state index in [0.29, 0.717) is 36.3 Å². The number of aliphatic hydroxyl groups is 1. The fourth-order valence-electron chi connectivity index (χ4n) is 5.12. The average Bonchev–Trinajstić information content (AvgIpc) is 3.15. The van der Waals surface area contributed by atoms with E-state index in [1.165, 1.54) is 12.2 Å². The molecular formula is C32H38F6N2O5. The van der Waals surface area contributed by atoms with Crippen LogP contribution >= 0.6 is 0 Å². The molecule has 0 spiro atoms. The number of urea groups is 1. The lowest BCUT2D eigenvalue weighted by molar-refractivity contribution is -0.376. The maximum Gasteiger partial charge on any atom is 0.430 e. The second-order valence-electron chi connectivity index (χ2n) is 11.3. The summed E-state index contributed by atoms with van der Waals surface area (Å²) in [4.78, 5) is 26.9. The summed E-state index contributed by atoms with van der Waals surface area (Å²) in [6, 6.07) is 7.58. The van der Waals surface area contributed by atoms with Gasteiger partial charge in [-0.25, -0.2) is 4.79 Å². The summed E-state index contributed by atoms with van der Waals surface area (Å²) in [5.41, 5.74) is -6.93. The number of rotatable bonds is 13. The third kappa shape index (κ3) is 7.40. The van der Waals surface area contributed by atoms with Crippen LogP contribution in [0.4, 0.5) is 31.1 Å². The van der Waals surface area contributed by atoms with E-state index in [2.05, 4.69) is 5.32 Å². The van der Waals surface area contributed by atoms with Gasteiger partial charge in [-0.15, -0.1) is 0 Å². The predicted molar refractivity (Wildman–Crippen MR) is 155 cm³/mol. The lowest BCUT2D eigenvalue weighted by Gasteiger charge is -2.33. The Bertz CT molecular complexity index is 1350. The van der Waals surface area contributed by atoms with Gasteiger partial charge >= 0.3 is 18.4 Å². The number of nitrogens with zero attached hydrogens (tertiary/aromatic N) is 1. The lowest BCUT2D eigenvalue weighted by atomic mass is 9.87. The topological polar surface area (TPSA) is 88.1 Å². The third-order valence-corrected chi connectivity index (χ3v) is 7.38. The number of hydrogen-bond donors (Lipinski definition) is 2. The van der Waals surface area contributed by atoms with E-state index in [1.807, 2.05) is 13.8 Å². The minimum atomic E-state index is -6.01. The van der Waals surface area contributed by atoms with Gasteiger partial charge in [-0.05, 0) is 80.6 Å². The molecule has 0 aliphatic carbocycles. The second kappa shape index (κ2) is 13.7. The molecule has 1 atom stereocenters. The van der Waals surface area contributed by atoms with E-state index in [4.69, 9.17) is 9.47 Å². The summed E-state index contributed by atoms with van der Waals surface area (Å²) in [7, 11) is 0. The molecule has 2 aromatic carbocycles. The van der Waals surface area contributed by atoms with Crippen molar-refractivity contribution in [2.24, 2.45) is 0 Å². The highest BCUT2D eigenvalue weighted by atomic mass is 19.4. The molecule has 13 heteroatoms. The number of benzene rings is 2. The lowest BCUT2D eigenvalue weighted by Crippen LogP contribution is -2.54. The molecule has 3 amide bonds. The zero-order chi connectivity index (χ0) is 33.8. The predicted octanol–water partition coefficient (Wildman–Crippen LogP) is 7.09. The Morgan fingerprint density at radius 3 is 1.93 bits per heavy atom. The number of hydrogen-bond acceptors (Lipinski definition) is 5. The average molecular weight is 645 g/mol. The van der Waals surface area contributed by atoms with Crippen LogP contribution in [0.15, 0.2) is 48.6 Å². The van der Waals surface area contributed by atoms with Gasteiger partial charge in [0.05, 0.1) is 6.10 Å². The van der Waals surface area contributed by atoms with E-state index in [1.54, 1.807) is 45.0 Å². The van der Waals surface area contributed by atoms with Gasteiger partial charge in [-0.3, -0.25) is 9.69 Å². The highest BCUT2D eigenvalue weighted by Gasteiger charge is 2.71. The number of ether oxygens (including phenoxy) is 2. The smallest absolute Gasteiger partial charge is 0.430 e. The highest BCUT2D eigenvalue weighted by Crippen LogP contribution is 2.51. The molecule has 45 heavy (non-hydrogen) atoms. The summed E-state index contributed by atoms with van der Waals surface area (Å²) >= 11 is 0. The van der Waals surface area contributed by atoms with Gasteiger partial charge in [0, 0.05) is 12.1 Å². The fourth-order valence-corrected chi connectivity index (χ4v) is 5.12. The molecule has 2 N–H and O–H groups in total. The van der Waals surface area contributed by atoms with Crippen LogP contribution in [0.3, 0.4) is 0 Å². The van der Waals surface area contributed by atoms with Crippen LogP contribution < -0.4 is 14.8 Å². The Balaban J connectivity index is 1.79. The minimum Gasteiger partial charge on any atom is -0.491 e. The number of nitrogens with one attached hydrogen (secondary N) is 1. The Kier molecular flexibility index (Phi) is 10.9. The highest BCUT2D eigenvalue weighted by molar-refractivity contribution is 6.07. The molecule has 1 fully saturated rings. The first-order chi connectivity index (χ1) is 20.9. The van der Waals surface area contributed by atoms with Crippen molar-refractivity contribution in [3.8, 4) is 11.5 Å². The maximum atomic E-state index is 13.6. The molecule has 0 radical (unpaired) electrons. The second-order valence-corrected chi connectivity index (χ2v) is 11.3. The van der Waals surface area contributed by atoms with Gasteiger partial charge in [0.25, 0.3) is 11.5 Å². The largest absolute Gasteiger partial charge is 0.491 e. The molecule has 0 aromatic heterocycles. The van der Waals surface area contributed by atoms with E-state index >= 15 is 0 Å². The molecule has 0 bridgehead atoms. The van der Waals surface area contributed by atoms with Crippen molar-refractivity contribution in [2.75, 3.05) is 13.2 Å². The number of aryl methyl sites for hydroxylation is 2. The van der Waals surface area contributed by atoms with Gasteiger partial charge in [0.2, 0.25) is 0 Å². The molecular weight excluding hydrogens is 606 g/mol. The number of halogens is 6. The van der Waals surface area contributed by atoms with Crippen LogP contribution in [0.25, 0.3) is 0 Å². The first-order valence-electron chi connectivity index (χ1n) is 14.6. The van der Waals surface area contributed by atoms with Crippen molar-refractivity contribution < 1.29 is 50.5 Å². The summed E-state index contributed by atoms with van der Waals surface area (Å²) in [5, 5.41) is 12.7. The molecule has 7 nitrogen and oxygen atoms in total. The van der Waals surface area contributed by atoms with E-state index in [-0.39, 0.29) is 49.0 Å². The van der Waals surface area contributed by atoms with Gasteiger partial charge < -0.3 is 19.9 Å². The molecule has 0 saturated carbocycles. The number of carbonyl (C=O) groups is 2. The summed E-state index contributed by atoms with van der Waals surface area (Å²) < 4.78 is 93.2. The molecule has 248 valence electrons. The van der Waals surface area contributed by atoms with Gasteiger partial charge in [-0.2, -0.15) is 26.3 Å². The molecule has 1 unspecified atom stereocenters. The number of alkyl halides is 6. The third-order valence-electron chi connectivity index (χ3n) is 7.38. The summed E-state index contributed by atoms with van der Waals surface area (Å²) in [6.45, 7) is 8.51. The Morgan fingerprint density at radius 1 is 0.933 bits per heavy atom. The van der Waals surface area contributed by atoms with Crippen molar-refractivity contribution >= 4 is 11.9 Å². The van der Waals surface area contributed by atoms with Crippen molar-refractivity contribution in [3.05, 3.63) is 70.8 Å². The quantitative estimate of drug-likeness (QED) is 0.138. The first-order valence-corrected chi connectivity index (χ1v) is 14.6. The molecule has 1 saturated heterocycles. The first kappa shape index (κ1) is 35.7. The van der Waals surface area contributed by atoms with Crippen LogP contribution in [0.5, 0.6) is 11.5 Å². The molecule has 1 aliphatic heterocycles. The van der Waals surface area contributed by atoms with E-state index < -0.39 is 41.0 Å². The molecule has 3 rings (SSSR count). The number of imide groups is 1. The molecule has 2 aromatic rings. The normalized spacial score (nSPS) is 17.8. The monoisotopic (exact) mass is 644 g/mol. The van der Waals surface area contributed by atoms with E-state index in [9.17, 15) is 41.0 Å². The minimum absolute atomic E-state index is 0.0369. The van der Waals surface area contributed by atoms with Gasteiger partial charge in [-0.1, -0.05) is 44.9 Å². The zero-order valence-electron chi connectivity index (χ0n) is 25.7. The van der Waals surface area contributed by atoms with Gasteiger partial charge in [0.15, 0.2) is 0 Å². The van der Waals surface area contributed by atoms with Crippen LogP contribution in [0.1, 0.15) is 69.7 Å². The van der Waals surface area contributed by atoms with Gasteiger partial charge in [0.1, 0.15) is 23.6 Å². The van der Waals surface area contributed by atoms with Crippen LogP contribution in [0.2, 0.25) is 0 Å². The van der Waals surface area contributed by atoms with Crippen molar-refractivity contribution in [3.63, 3.8) is 0 Å². The van der Waals surface area contributed by atoms with E-state index in [0.717, 1.165) is 4.90 Å². The van der Waals surface area contributed by atoms with Crippen LogP contribution in [0, 0.1) is 0 Å². The Labute approximate surface area is 258 Å². The Morgan fingerprint density at radius 2 is 1.47 bits per heavy atom. The summed E-state index contributed by atoms with van der Waals surface area (Å²) in [6.07, 6.45) is -8.09. The van der Waals surface area contributed by atoms with Crippen molar-refractivity contribution in [1.29, 1.82) is 0 Å². The SMILES string of the molecule is CCCc1cc(C(O)(C(F)(F)F)C(F)(F)F)cc(CCC)c1OC/C=C/CN1C(=O)NC(C)(c2ccc(OC(C)C)cc2)C1=O. The summed E-state index contributed by atoms with van der Waals surface area (Å²) in [5.74, 6) is 0.263. The molecule has 1 aliphatic rings. The van der Waals surface area contributed by atoms with Crippen LogP contribution in [-0.2, 0) is 28.8 Å². The number of carbonyl (C=O) groups excluding carboxylic acids is 2. The molecule has 1 heterocycles. The fraction of sp³-hybridized carbons (Fsp3) is 0.500. The Hall–Kier alpha value is -3.74. The zero-order valence-corrected chi connectivity index (χ0v) is 25.7. The number of amides is 3. The standard InChI is InChI=1S/C32H38F6N2O5/c1-6-10-21-18-24(30(43,31(33,34)35)32(36,37)38)19-22(11-7-2)26(21)44-17-9-8-16-40-27(41)29(5,39-28(40)42)23-12-14-25(15-13-23)45-20(3)4/h8-9,12-15,18-20,43H,6-7,10-11,16-17H2,1-5H3,(H,39,42)/b9-8+. The van der Waals surface area contributed by atoms with Crippen LogP contribution in [-0.4, -0.2) is 53.6 Å².